The van der Waals surface area contributed by atoms with Crippen molar-refractivity contribution in [2.45, 2.75) is 31.8 Å². The summed E-state index contributed by atoms with van der Waals surface area (Å²) in [4.78, 5) is 1.50. The highest BCUT2D eigenvalue weighted by atomic mass is 32.2. The summed E-state index contributed by atoms with van der Waals surface area (Å²) in [6.45, 7) is 3.14. The lowest BCUT2D eigenvalue weighted by atomic mass is 10.1. The van der Waals surface area contributed by atoms with Gasteiger partial charge in [0.05, 0.1) is 24.6 Å². The van der Waals surface area contributed by atoms with Crippen molar-refractivity contribution in [3.8, 4) is 0 Å². The molecule has 2 aliphatic heterocycles. The highest BCUT2D eigenvalue weighted by Crippen LogP contribution is 2.27. The molecule has 0 radical (unpaired) electrons. The molecule has 1 atom stereocenters. The fraction of sp³-hybridized carbons (Fsp3) is 0.833. The largest absolute Gasteiger partial charge is 0.316 e. The summed E-state index contributed by atoms with van der Waals surface area (Å²) < 4.78 is 27.7. The third-order valence-corrected chi connectivity index (χ3v) is 6.61. The smallest absolute Gasteiger partial charge is 0.202 e. The first kappa shape index (κ1) is 14.2. The Morgan fingerprint density at radius 1 is 1.40 bits per heavy atom. The van der Waals surface area contributed by atoms with Crippen molar-refractivity contribution in [1.29, 1.82) is 0 Å². The van der Waals surface area contributed by atoms with Crippen molar-refractivity contribution >= 4 is 22.1 Å². The van der Waals surface area contributed by atoms with E-state index in [0.29, 0.717) is 11.2 Å². The van der Waals surface area contributed by atoms with Crippen molar-refractivity contribution in [2.24, 2.45) is 7.05 Å². The number of quaternary nitrogens is 1. The molecule has 1 N–H and O–H groups in total. The van der Waals surface area contributed by atoms with E-state index in [-0.39, 0.29) is 17.4 Å². The van der Waals surface area contributed by atoms with Crippen LogP contribution in [0.25, 0.3) is 0 Å². The molecule has 2 saturated heterocycles. The SMILES string of the molecule is Cn1c([C@@H]2CCS(=O)(=O)C2)nn(C[NH+]2CCCC2)c1=S. The van der Waals surface area contributed by atoms with Gasteiger partial charge in [-0.25, -0.2) is 8.42 Å². The molecule has 0 aliphatic carbocycles. The molecule has 0 spiro atoms. The van der Waals surface area contributed by atoms with Crippen LogP contribution in [0.4, 0.5) is 0 Å². The van der Waals surface area contributed by atoms with Crippen LogP contribution in [0.3, 0.4) is 0 Å². The maximum atomic E-state index is 11.6. The Morgan fingerprint density at radius 2 is 2.10 bits per heavy atom. The molecule has 2 fully saturated rings. The van der Waals surface area contributed by atoms with E-state index in [4.69, 9.17) is 12.2 Å². The molecule has 6 nitrogen and oxygen atoms in total. The van der Waals surface area contributed by atoms with Crippen LogP contribution in [0.5, 0.6) is 0 Å². The Morgan fingerprint density at radius 3 is 2.70 bits per heavy atom. The van der Waals surface area contributed by atoms with Crippen LogP contribution in [0.1, 0.15) is 31.0 Å². The van der Waals surface area contributed by atoms with E-state index in [1.54, 1.807) is 0 Å². The van der Waals surface area contributed by atoms with Gasteiger partial charge in [0.2, 0.25) is 4.77 Å². The summed E-state index contributed by atoms with van der Waals surface area (Å²) in [5.41, 5.74) is 0. The summed E-state index contributed by atoms with van der Waals surface area (Å²) in [5.74, 6) is 1.31. The monoisotopic (exact) mass is 317 g/mol. The highest BCUT2D eigenvalue weighted by Gasteiger charge is 2.32. The molecule has 0 unspecified atom stereocenters. The summed E-state index contributed by atoms with van der Waals surface area (Å²) in [5, 5.41) is 4.61. The number of sulfone groups is 1. The second-order valence-electron chi connectivity index (χ2n) is 5.91. The molecule has 0 amide bonds. The van der Waals surface area contributed by atoms with Gasteiger partial charge in [-0.2, -0.15) is 9.78 Å². The number of aromatic nitrogens is 3. The zero-order valence-electron chi connectivity index (χ0n) is 11.7. The Kier molecular flexibility index (Phi) is 3.72. The standard InChI is InChI=1S/C12H20N4O2S2/c1-14-11(10-4-7-20(17,18)8-10)13-16(12(14)19)9-15-5-2-3-6-15/h10H,2-9H2,1H3/p+1/t10-/m1/s1. The zero-order chi connectivity index (χ0) is 14.3. The van der Waals surface area contributed by atoms with E-state index in [9.17, 15) is 8.42 Å². The number of nitrogens with zero attached hydrogens (tertiary/aromatic N) is 3. The zero-order valence-corrected chi connectivity index (χ0v) is 13.3. The normalized spacial score (nSPS) is 26.4. The molecule has 112 valence electrons. The van der Waals surface area contributed by atoms with Gasteiger partial charge in [-0.15, -0.1) is 0 Å². The third kappa shape index (κ3) is 2.68. The predicted octanol–water partition coefficient (Wildman–Crippen LogP) is -0.511. The molecule has 3 rings (SSSR count). The molecule has 20 heavy (non-hydrogen) atoms. The van der Waals surface area contributed by atoms with E-state index in [1.165, 1.54) is 30.8 Å². The van der Waals surface area contributed by atoms with E-state index in [0.717, 1.165) is 12.5 Å². The molecule has 0 bridgehead atoms. The number of nitrogens with one attached hydrogen (secondary N) is 1. The summed E-state index contributed by atoms with van der Waals surface area (Å²) in [7, 11) is -0.994. The molecule has 0 saturated carbocycles. The van der Waals surface area contributed by atoms with Gasteiger partial charge in [-0.1, -0.05) is 0 Å². The van der Waals surface area contributed by atoms with Gasteiger partial charge in [-0.05, 0) is 18.6 Å². The lowest BCUT2D eigenvalue weighted by molar-refractivity contribution is -0.911. The van der Waals surface area contributed by atoms with Crippen LogP contribution in [-0.2, 0) is 23.6 Å². The van der Waals surface area contributed by atoms with E-state index < -0.39 is 9.84 Å². The van der Waals surface area contributed by atoms with Crippen LogP contribution in [0.15, 0.2) is 0 Å². The first-order valence-electron chi connectivity index (χ1n) is 7.14. The van der Waals surface area contributed by atoms with E-state index in [1.807, 2.05) is 16.3 Å². The Balaban J connectivity index is 1.84. The molecule has 1 aromatic rings. The molecule has 3 heterocycles. The minimum atomic E-state index is -2.89. The minimum absolute atomic E-state index is 0.00141. The Labute approximate surface area is 124 Å². The lowest BCUT2D eigenvalue weighted by Gasteiger charge is -2.11. The summed E-state index contributed by atoms with van der Waals surface area (Å²) >= 11 is 5.44. The van der Waals surface area contributed by atoms with Gasteiger partial charge < -0.3 is 9.47 Å². The summed E-state index contributed by atoms with van der Waals surface area (Å²) in [6.07, 6.45) is 3.20. The van der Waals surface area contributed by atoms with Crippen molar-refractivity contribution in [2.75, 3.05) is 24.6 Å². The first-order chi connectivity index (χ1) is 9.46. The highest BCUT2D eigenvalue weighted by molar-refractivity contribution is 7.91. The second-order valence-corrected chi connectivity index (χ2v) is 8.51. The average Bonchev–Trinajstić information content (AvgIpc) is 3.07. The lowest BCUT2D eigenvalue weighted by Crippen LogP contribution is -3.09. The topological polar surface area (TPSA) is 61.3 Å². The maximum absolute atomic E-state index is 11.6. The predicted molar refractivity (Wildman–Crippen MR) is 78.0 cm³/mol. The van der Waals surface area contributed by atoms with Gasteiger partial charge in [0.25, 0.3) is 0 Å². The van der Waals surface area contributed by atoms with Crippen molar-refractivity contribution < 1.29 is 13.3 Å². The van der Waals surface area contributed by atoms with Crippen molar-refractivity contribution in [3.05, 3.63) is 10.6 Å². The summed E-state index contributed by atoms with van der Waals surface area (Å²) in [6, 6.07) is 0. The van der Waals surface area contributed by atoms with E-state index >= 15 is 0 Å². The van der Waals surface area contributed by atoms with Crippen LogP contribution in [0, 0.1) is 4.77 Å². The molecular formula is C12H21N4O2S2+. The molecular weight excluding hydrogens is 296 g/mol. The third-order valence-electron chi connectivity index (χ3n) is 4.36. The molecule has 1 aromatic heterocycles. The number of hydrogen-bond donors (Lipinski definition) is 1. The first-order valence-corrected chi connectivity index (χ1v) is 9.37. The van der Waals surface area contributed by atoms with Gasteiger partial charge >= 0.3 is 0 Å². The van der Waals surface area contributed by atoms with Crippen LogP contribution in [-0.4, -0.2) is 47.4 Å². The molecule has 2 aliphatic rings. The van der Waals surface area contributed by atoms with Crippen molar-refractivity contribution in [1.82, 2.24) is 14.3 Å². The van der Waals surface area contributed by atoms with Gasteiger partial charge in [-0.3, -0.25) is 0 Å². The quantitative estimate of drug-likeness (QED) is 0.763. The van der Waals surface area contributed by atoms with Crippen LogP contribution in [0.2, 0.25) is 0 Å². The fourth-order valence-corrected chi connectivity index (χ4v) is 5.14. The van der Waals surface area contributed by atoms with Crippen molar-refractivity contribution in [3.63, 3.8) is 0 Å². The average molecular weight is 317 g/mol. The van der Waals surface area contributed by atoms with E-state index in [2.05, 4.69) is 5.10 Å². The number of likely N-dealkylation sites (tertiary alicyclic amines) is 1. The maximum Gasteiger partial charge on any atom is 0.202 e. The van der Waals surface area contributed by atoms with Gasteiger partial charge in [0.1, 0.15) is 5.82 Å². The number of rotatable bonds is 3. The van der Waals surface area contributed by atoms with Crippen LogP contribution < -0.4 is 4.90 Å². The second kappa shape index (κ2) is 5.23. The fourth-order valence-electron chi connectivity index (χ4n) is 3.21. The van der Waals surface area contributed by atoms with Gasteiger partial charge in [0.15, 0.2) is 16.5 Å². The van der Waals surface area contributed by atoms with Crippen LogP contribution >= 0.6 is 12.2 Å². The molecule has 8 heteroatoms. The Bertz CT molecular complexity index is 655. The molecule has 0 aromatic carbocycles. The Hall–Kier alpha value is -0.730. The number of hydrogen-bond acceptors (Lipinski definition) is 4. The van der Waals surface area contributed by atoms with Gasteiger partial charge in [0, 0.05) is 25.8 Å². The minimum Gasteiger partial charge on any atom is -0.316 e.